The molecule has 0 radical (unpaired) electrons. The van der Waals surface area contributed by atoms with Crippen molar-refractivity contribution in [1.29, 1.82) is 0 Å². The van der Waals surface area contributed by atoms with Crippen molar-refractivity contribution in [2.75, 3.05) is 6.54 Å². The van der Waals surface area contributed by atoms with Gasteiger partial charge in [0.15, 0.2) is 0 Å². The molecule has 0 saturated heterocycles. The summed E-state index contributed by atoms with van der Waals surface area (Å²) in [4.78, 5) is 0. The molecule has 1 heterocycles. The molecule has 1 aliphatic carbocycles. The standard InChI is InChI=1S/C16H21N3/c1-11(16-10-19(3)18-12(16)2)17-9-14-8-13-6-4-5-7-15(13)14/h4-7,10-11,14,17H,8-9H2,1-3H3. The zero-order valence-corrected chi connectivity index (χ0v) is 11.9. The van der Waals surface area contributed by atoms with Crippen LogP contribution in [0.15, 0.2) is 30.5 Å². The Morgan fingerprint density at radius 3 is 2.89 bits per heavy atom. The first-order valence-electron chi connectivity index (χ1n) is 6.96. The highest BCUT2D eigenvalue weighted by Gasteiger charge is 2.25. The predicted octanol–water partition coefficient (Wildman–Crippen LogP) is 2.72. The number of hydrogen-bond acceptors (Lipinski definition) is 2. The lowest BCUT2D eigenvalue weighted by atomic mass is 9.77. The van der Waals surface area contributed by atoms with Crippen LogP contribution in [0.4, 0.5) is 0 Å². The highest BCUT2D eigenvalue weighted by atomic mass is 15.3. The van der Waals surface area contributed by atoms with Crippen LogP contribution in [0.25, 0.3) is 0 Å². The first-order chi connectivity index (χ1) is 9.15. The number of benzene rings is 1. The molecule has 1 aromatic heterocycles. The zero-order chi connectivity index (χ0) is 13.4. The minimum Gasteiger partial charge on any atom is -0.309 e. The molecular formula is C16H21N3. The number of hydrogen-bond donors (Lipinski definition) is 1. The third-order valence-electron chi connectivity index (χ3n) is 4.15. The molecule has 0 aliphatic heterocycles. The second kappa shape index (κ2) is 4.82. The molecule has 3 heteroatoms. The molecule has 0 spiro atoms. The molecule has 100 valence electrons. The minimum atomic E-state index is 0.362. The van der Waals surface area contributed by atoms with Gasteiger partial charge in [-0.25, -0.2) is 0 Å². The molecule has 0 saturated carbocycles. The summed E-state index contributed by atoms with van der Waals surface area (Å²) >= 11 is 0. The minimum absolute atomic E-state index is 0.362. The fourth-order valence-corrected chi connectivity index (χ4v) is 3.02. The molecule has 0 amide bonds. The van der Waals surface area contributed by atoms with Crippen LogP contribution in [0.1, 0.15) is 41.3 Å². The Bertz CT molecular complexity index is 585. The number of nitrogens with zero attached hydrogens (tertiary/aromatic N) is 2. The Kier molecular flexibility index (Phi) is 3.15. The summed E-state index contributed by atoms with van der Waals surface area (Å²) < 4.78 is 1.89. The van der Waals surface area contributed by atoms with E-state index in [9.17, 15) is 0 Å². The third-order valence-corrected chi connectivity index (χ3v) is 4.15. The Morgan fingerprint density at radius 1 is 1.42 bits per heavy atom. The monoisotopic (exact) mass is 255 g/mol. The van der Waals surface area contributed by atoms with Gasteiger partial charge in [-0.15, -0.1) is 0 Å². The normalized spacial score (nSPS) is 18.8. The quantitative estimate of drug-likeness (QED) is 0.910. The van der Waals surface area contributed by atoms with Crippen molar-refractivity contribution in [3.63, 3.8) is 0 Å². The molecule has 1 N–H and O–H groups in total. The van der Waals surface area contributed by atoms with E-state index < -0.39 is 0 Å². The van der Waals surface area contributed by atoms with Crippen molar-refractivity contribution in [3.05, 3.63) is 52.8 Å². The van der Waals surface area contributed by atoms with E-state index in [1.165, 1.54) is 23.1 Å². The second-order valence-corrected chi connectivity index (χ2v) is 5.57. The maximum absolute atomic E-state index is 4.41. The lowest BCUT2D eigenvalue weighted by Gasteiger charge is -2.31. The molecule has 3 nitrogen and oxygen atoms in total. The molecule has 19 heavy (non-hydrogen) atoms. The maximum Gasteiger partial charge on any atom is 0.0641 e. The first-order valence-corrected chi connectivity index (χ1v) is 6.96. The SMILES string of the molecule is Cc1nn(C)cc1C(C)NCC1Cc2ccccc21. The van der Waals surface area contributed by atoms with Crippen LogP contribution < -0.4 is 5.32 Å². The maximum atomic E-state index is 4.41. The smallest absolute Gasteiger partial charge is 0.0641 e. The van der Waals surface area contributed by atoms with Crippen molar-refractivity contribution in [2.45, 2.75) is 32.2 Å². The van der Waals surface area contributed by atoms with Gasteiger partial charge in [0.1, 0.15) is 0 Å². The summed E-state index contributed by atoms with van der Waals surface area (Å²) in [5.74, 6) is 0.677. The van der Waals surface area contributed by atoms with Gasteiger partial charge in [-0.2, -0.15) is 5.10 Å². The summed E-state index contributed by atoms with van der Waals surface area (Å²) in [5, 5.41) is 8.05. The van der Waals surface area contributed by atoms with E-state index in [0.29, 0.717) is 12.0 Å². The average Bonchev–Trinajstić information content (AvgIpc) is 2.69. The highest BCUT2D eigenvalue weighted by molar-refractivity contribution is 5.40. The number of aromatic nitrogens is 2. The van der Waals surface area contributed by atoms with Gasteiger partial charge in [0.25, 0.3) is 0 Å². The van der Waals surface area contributed by atoms with Gasteiger partial charge in [0.05, 0.1) is 5.69 Å². The number of fused-ring (bicyclic) bond motifs is 1. The van der Waals surface area contributed by atoms with E-state index in [4.69, 9.17) is 0 Å². The summed E-state index contributed by atoms with van der Waals surface area (Å²) in [6.07, 6.45) is 3.32. The lowest BCUT2D eigenvalue weighted by Crippen LogP contribution is -2.30. The largest absolute Gasteiger partial charge is 0.309 e. The van der Waals surface area contributed by atoms with Crippen molar-refractivity contribution >= 4 is 0 Å². The molecule has 2 unspecified atom stereocenters. The van der Waals surface area contributed by atoms with Gasteiger partial charge in [0, 0.05) is 37.3 Å². The van der Waals surface area contributed by atoms with Crippen molar-refractivity contribution in [2.24, 2.45) is 7.05 Å². The van der Waals surface area contributed by atoms with Crippen LogP contribution in [0.3, 0.4) is 0 Å². The second-order valence-electron chi connectivity index (χ2n) is 5.57. The van der Waals surface area contributed by atoms with Gasteiger partial charge in [0.2, 0.25) is 0 Å². The van der Waals surface area contributed by atoms with E-state index in [-0.39, 0.29) is 0 Å². The molecule has 3 rings (SSSR count). The molecule has 0 fully saturated rings. The van der Waals surface area contributed by atoms with Crippen LogP contribution in [-0.2, 0) is 13.5 Å². The van der Waals surface area contributed by atoms with Gasteiger partial charge >= 0.3 is 0 Å². The molecule has 0 bridgehead atoms. The van der Waals surface area contributed by atoms with Crippen molar-refractivity contribution < 1.29 is 0 Å². The van der Waals surface area contributed by atoms with E-state index in [1.54, 1.807) is 0 Å². The number of aryl methyl sites for hydroxylation is 2. The fourth-order valence-electron chi connectivity index (χ4n) is 3.02. The lowest BCUT2D eigenvalue weighted by molar-refractivity contribution is 0.488. The molecular weight excluding hydrogens is 234 g/mol. The van der Waals surface area contributed by atoms with Crippen molar-refractivity contribution in [3.8, 4) is 0 Å². The van der Waals surface area contributed by atoms with Crippen LogP contribution in [0.5, 0.6) is 0 Å². The van der Waals surface area contributed by atoms with Crippen LogP contribution in [0, 0.1) is 6.92 Å². The molecule has 1 aliphatic rings. The fraction of sp³-hybridized carbons (Fsp3) is 0.438. The topological polar surface area (TPSA) is 29.9 Å². The molecule has 2 atom stereocenters. The van der Waals surface area contributed by atoms with Gasteiger partial charge in [-0.3, -0.25) is 4.68 Å². The third kappa shape index (κ3) is 2.30. The van der Waals surface area contributed by atoms with Crippen LogP contribution >= 0.6 is 0 Å². The first kappa shape index (κ1) is 12.4. The van der Waals surface area contributed by atoms with Crippen LogP contribution in [0.2, 0.25) is 0 Å². The Labute approximate surface area is 114 Å². The van der Waals surface area contributed by atoms with Gasteiger partial charge in [-0.05, 0) is 31.4 Å². The zero-order valence-electron chi connectivity index (χ0n) is 11.9. The van der Waals surface area contributed by atoms with Gasteiger partial charge in [-0.1, -0.05) is 24.3 Å². The Balaban J connectivity index is 1.61. The Morgan fingerprint density at radius 2 is 2.21 bits per heavy atom. The summed E-state index contributed by atoms with van der Waals surface area (Å²) in [7, 11) is 1.98. The molecule has 2 aromatic rings. The van der Waals surface area contributed by atoms with E-state index in [1.807, 2.05) is 11.7 Å². The molecule has 1 aromatic carbocycles. The van der Waals surface area contributed by atoms with Gasteiger partial charge < -0.3 is 5.32 Å². The number of rotatable bonds is 4. The van der Waals surface area contributed by atoms with Crippen LogP contribution in [-0.4, -0.2) is 16.3 Å². The van der Waals surface area contributed by atoms with E-state index >= 15 is 0 Å². The van der Waals surface area contributed by atoms with Crippen molar-refractivity contribution in [1.82, 2.24) is 15.1 Å². The van der Waals surface area contributed by atoms with E-state index in [0.717, 1.165) is 12.2 Å². The average molecular weight is 255 g/mol. The Hall–Kier alpha value is -1.61. The predicted molar refractivity (Wildman–Crippen MR) is 77.2 cm³/mol. The summed E-state index contributed by atoms with van der Waals surface area (Å²) in [5.41, 5.74) is 5.45. The summed E-state index contributed by atoms with van der Waals surface area (Å²) in [6.45, 7) is 5.34. The van der Waals surface area contributed by atoms with E-state index in [2.05, 4.69) is 54.7 Å². The summed E-state index contributed by atoms with van der Waals surface area (Å²) in [6, 6.07) is 9.12. The number of nitrogens with one attached hydrogen (secondary N) is 1. The highest BCUT2D eigenvalue weighted by Crippen LogP contribution is 2.34.